The lowest BCUT2D eigenvalue weighted by atomic mass is 9.93. The van der Waals surface area contributed by atoms with Gasteiger partial charge in [0.1, 0.15) is 6.33 Å². The van der Waals surface area contributed by atoms with E-state index in [0.717, 1.165) is 66.5 Å². The summed E-state index contributed by atoms with van der Waals surface area (Å²) in [6.07, 6.45) is 1.63. The Morgan fingerprint density at radius 1 is 0.625 bits per heavy atom. The molecule has 0 spiro atoms. The molecule has 0 fully saturated rings. The highest BCUT2D eigenvalue weighted by atomic mass is 15.1. The monoisotopic (exact) mass is 415 g/mol. The maximum Gasteiger partial charge on any atom is 0.116 e. The van der Waals surface area contributed by atoms with E-state index in [4.69, 9.17) is 10.7 Å². The van der Waals surface area contributed by atoms with Crippen molar-refractivity contribution in [3.63, 3.8) is 0 Å². The maximum atomic E-state index is 5.95. The first-order valence-corrected chi connectivity index (χ1v) is 10.5. The van der Waals surface area contributed by atoms with Gasteiger partial charge >= 0.3 is 0 Å². The Balaban J connectivity index is 1.74. The average Bonchev–Trinajstić information content (AvgIpc) is 2.83. The van der Waals surface area contributed by atoms with Crippen molar-refractivity contribution in [3.05, 3.63) is 79.1 Å². The summed E-state index contributed by atoms with van der Waals surface area (Å²) < 4.78 is 0. The second-order valence-electron chi connectivity index (χ2n) is 8.26. The van der Waals surface area contributed by atoms with Crippen LogP contribution in [0.2, 0.25) is 0 Å². The van der Waals surface area contributed by atoms with Gasteiger partial charge in [0.2, 0.25) is 0 Å². The van der Waals surface area contributed by atoms with Gasteiger partial charge in [0.25, 0.3) is 0 Å². The van der Waals surface area contributed by atoms with Crippen LogP contribution >= 0.6 is 0 Å². The van der Waals surface area contributed by atoms with E-state index in [1.165, 1.54) is 0 Å². The fourth-order valence-corrected chi connectivity index (χ4v) is 4.45. The number of pyridine rings is 1. The molecule has 2 aromatic heterocycles. The lowest BCUT2D eigenvalue weighted by molar-refractivity contribution is 1.13. The van der Waals surface area contributed by atoms with Gasteiger partial charge in [0.05, 0.1) is 22.4 Å². The number of nitrogens with two attached hydrogens (primary N) is 1. The highest BCUT2D eigenvalue weighted by molar-refractivity contribution is 6.25. The van der Waals surface area contributed by atoms with Crippen molar-refractivity contribution in [1.29, 1.82) is 0 Å². The highest BCUT2D eigenvalue weighted by Crippen LogP contribution is 2.41. The highest BCUT2D eigenvalue weighted by Gasteiger charge is 2.18. The summed E-state index contributed by atoms with van der Waals surface area (Å²) in [5, 5.41) is 4.41. The fourth-order valence-electron chi connectivity index (χ4n) is 4.45. The molecule has 0 radical (unpaired) electrons. The molecule has 154 valence electrons. The van der Waals surface area contributed by atoms with E-state index in [2.05, 4.69) is 63.4 Å². The van der Waals surface area contributed by atoms with Gasteiger partial charge in [-0.1, -0.05) is 24.3 Å². The summed E-state index contributed by atoms with van der Waals surface area (Å²) in [6, 6.07) is 24.8. The number of anilines is 2. The zero-order valence-corrected chi connectivity index (χ0v) is 17.9. The van der Waals surface area contributed by atoms with E-state index in [1.54, 1.807) is 6.33 Å². The molecule has 32 heavy (non-hydrogen) atoms. The van der Waals surface area contributed by atoms with Gasteiger partial charge in [-0.3, -0.25) is 0 Å². The molecule has 0 saturated carbocycles. The Morgan fingerprint density at radius 3 is 1.69 bits per heavy atom. The van der Waals surface area contributed by atoms with Crippen molar-refractivity contribution in [2.24, 2.45) is 0 Å². The Kier molecular flexibility index (Phi) is 3.98. The van der Waals surface area contributed by atoms with Gasteiger partial charge in [-0.25, -0.2) is 15.0 Å². The van der Waals surface area contributed by atoms with Crippen LogP contribution in [0.3, 0.4) is 0 Å². The molecule has 6 rings (SSSR count). The normalized spacial score (nSPS) is 11.6. The molecule has 0 aliphatic rings. The van der Waals surface area contributed by atoms with Crippen LogP contribution in [-0.4, -0.2) is 29.0 Å². The van der Waals surface area contributed by atoms with Crippen LogP contribution in [0, 0.1) is 0 Å². The lowest BCUT2D eigenvalue weighted by Gasteiger charge is -2.17. The average molecular weight is 416 g/mol. The number of hydrogen-bond donors (Lipinski definition) is 1. The summed E-state index contributed by atoms with van der Waals surface area (Å²) in [6.45, 7) is 0. The fraction of sp³-hybridized carbons (Fsp3) is 0.0741. The van der Waals surface area contributed by atoms with Gasteiger partial charge in [-0.15, -0.1) is 0 Å². The van der Waals surface area contributed by atoms with E-state index in [-0.39, 0.29) is 0 Å². The zero-order chi connectivity index (χ0) is 21.8. The first kappa shape index (κ1) is 18.5. The van der Waals surface area contributed by atoms with Crippen molar-refractivity contribution >= 4 is 44.0 Å². The Hall–Kier alpha value is -4.25. The Morgan fingerprint density at radius 2 is 1.16 bits per heavy atom. The Labute approximate surface area is 185 Å². The predicted molar refractivity (Wildman–Crippen MR) is 133 cm³/mol. The summed E-state index contributed by atoms with van der Waals surface area (Å²) in [5.41, 5.74) is 13.7. The number of hydrogen-bond acceptors (Lipinski definition) is 5. The van der Waals surface area contributed by atoms with Gasteiger partial charge < -0.3 is 10.6 Å². The standard InChI is InChI=1S/C27H21N5/c1-32(2)19-9-5-17(6-10-19)27-21-12-14-23-25-22(29-15-30-23)13-11-20(24(21)25)26(31-27)16-3-7-18(28)8-4-16/h3-15H,28H2,1-2H3. The van der Waals surface area contributed by atoms with Crippen LogP contribution in [0.5, 0.6) is 0 Å². The maximum absolute atomic E-state index is 5.95. The molecule has 4 aromatic carbocycles. The second-order valence-corrected chi connectivity index (χ2v) is 8.26. The van der Waals surface area contributed by atoms with Crippen molar-refractivity contribution in [1.82, 2.24) is 15.0 Å². The summed E-state index contributed by atoms with van der Waals surface area (Å²) in [7, 11) is 4.09. The molecule has 5 heteroatoms. The smallest absolute Gasteiger partial charge is 0.116 e. The third-order valence-electron chi connectivity index (χ3n) is 6.09. The van der Waals surface area contributed by atoms with Crippen molar-refractivity contribution in [2.45, 2.75) is 0 Å². The zero-order valence-electron chi connectivity index (χ0n) is 17.9. The van der Waals surface area contributed by atoms with Crippen molar-refractivity contribution in [2.75, 3.05) is 24.7 Å². The van der Waals surface area contributed by atoms with E-state index in [9.17, 15) is 0 Å². The first-order valence-electron chi connectivity index (χ1n) is 10.5. The lowest BCUT2D eigenvalue weighted by Crippen LogP contribution is -2.08. The van der Waals surface area contributed by atoms with Gasteiger partial charge in [-0.2, -0.15) is 0 Å². The van der Waals surface area contributed by atoms with E-state index in [0.29, 0.717) is 0 Å². The molecular weight excluding hydrogens is 394 g/mol. The third kappa shape index (κ3) is 2.75. The van der Waals surface area contributed by atoms with E-state index >= 15 is 0 Å². The number of benzene rings is 4. The van der Waals surface area contributed by atoms with Crippen LogP contribution in [-0.2, 0) is 0 Å². The molecule has 5 nitrogen and oxygen atoms in total. The molecule has 0 bridgehead atoms. The SMILES string of the molecule is CN(C)c1ccc(-c2nc(-c3ccc(N)cc3)c3ccc4ncnc5ccc2c3c45)cc1. The molecule has 6 aromatic rings. The molecule has 0 aliphatic heterocycles. The molecule has 0 saturated heterocycles. The second kappa shape index (κ2) is 6.89. The molecule has 2 N–H and O–H groups in total. The van der Waals surface area contributed by atoms with Gasteiger partial charge in [0.15, 0.2) is 0 Å². The van der Waals surface area contributed by atoms with Crippen LogP contribution in [0.15, 0.2) is 79.1 Å². The van der Waals surface area contributed by atoms with E-state index in [1.807, 2.05) is 38.4 Å². The topological polar surface area (TPSA) is 67.9 Å². The molecule has 0 amide bonds. The largest absolute Gasteiger partial charge is 0.399 e. The number of nitrogen functional groups attached to an aromatic ring is 1. The van der Waals surface area contributed by atoms with Crippen LogP contribution in [0.25, 0.3) is 55.1 Å². The van der Waals surface area contributed by atoms with Gasteiger partial charge in [-0.05, 0) is 48.5 Å². The summed E-state index contributed by atoms with van der Waals surface area (Å²) >= 11 is 0. The summed E-state index contributed by atoms with van der Waals surface area (Å²) in [5.74, 6) is 0. The first-order chi connectivity index (χ1) is 15.6. The van der Waals surface area contributed by atoms with Crippen molar-refractivity contribution in [3.8, 4) is 22.5 Å². The number of aromatic nitrogens is 3. The minimum atomic E-state index is 0.736. The van der Waals surface area contributed by atoms with E-state index < -0.39 is 0 Å². The molecular formula is C27H21N5. The molecule has 0 aliphatic carbocycles. The minimum absolute atomic E-state index is 0.736. The van der Waals surface area contributed by atoms with Gasteiger partial charge in [0, 0.05) is 58.1 Å². The molecule has 0 unspecified atom stereocenters. The predicted octanol–water partition coefficient (Wildman–Crippen LogP) is 5.75. The minimum Gasteiger partial charge on any atom is -0.399 e. The molecule has 2 heterocycles. The molecule has 0 atom stereocenters. The van der Waals surface area contributed by atoms with Crippen molar-refractivity contribution < 1.29 is 0 Å². The summed E-state index contributed by atoms with van der Waals surface area (Å²) in [4.78, 5) is 16.4. The number of rotatable bonds is 3. The van der Waals surface area contributed by atoms with Crippen LogP contribution in [0.4, 0.5) is 11.4 Å². The quantitative estimate of drug-likeness (QED) is 0.294. The Bertz CT molecular complexity index is 1570. The third-order valence-corrected chi connectivity index (χ3v) is 6.09. The van der Waals surface area contributed by atoms with Crippen LogP contribution < -0.4 is 10.6 Å². The number of nitrogens with zero attached hydrogens (tertiary/aromatic N) is 4. The van der Waals surface area contributed by atoms with Crippen LogP contribution in [0.1, 0.15) is 0 Å².